The molecule has 1 aliphatic rings. The molecule has 0 radical (unpaired) electrons. The highest BCUT2D eigenvalue weighted by atomic mass is 19.1. The summed E-state index contributed by atoms with van der Waals surface area (Å²) in [5, 5.41) is 3.44. The van der Waals surface area contributed by atoms with Crippen molar-refractivity contribution in [3.05, 3.63) is 59.7 Å². The van der Waals surface area contributed by atoms with Crippen LogP contribution in [0.2, 0.25) is 0 Å². The molecule has 0 spiro atoms. The second-order valence-electron chi connectivity index (χ2n) is 7.46. The first-order chi connectivity index (χ1) is 12.0. The lowest BCUT2D eigenvalue weighted by atomic mass is 9.81. The molecule has 1 aliphatic carbocycles. The van der Waals surface area contributed by atoms with Crippen molar-refractivity contribution in [3.8, 4) is 11.1 Å². The predicted octanol–water partition coefficient (Wildman–Crippen LogP) is 5.59. The van der Waals surface area contributed by atoms with Gasteiger partial charge in [0.05, 0.1) is 0 Å². The molecule has 2 aromatic rings. The fraction of sp³-hybridized carbons (Fsp3) is 0.455. The second kappa shape index (κ2) is 7.25. The van der Waals surface area contributed by atoms with Crippen molar-refractivity contribution in [1.29, 1.82) is 0 Å². The Morgan fingerprint density at radius 2 is 1.80 bits per heavy atom. The Morgan fingerprint density at radius 3 is 2.36 bits per heavy atom. The molecule has 2 atom stereocenters. The van der Waals surface area contributed by atoms with Crippen LogP contribution < -0.4 is 5.32 Å². The lowest BCUT2D eigenvalue weighted by molar-refractivity contribution is 0.253. The second-order valence-corrected chi connectivity index (χ2v) is 7.46. The van der Waals surface area contributed by atoms with Gasteiger partial charge in [-0.15, -0.1) is 0 Å². The highest BCUT2D eigenvalue weighted by molar-refractivity contribution is 5.65. The average molecular weight is 343 g/mol. The lowest BCUT2D eigenvalue weighted by Crippen LogP contribution is -2.41. The van der Waals surface area contributed by atoms with E-state index in [-0.39, 0.29) is 17.6 Å². The van der Waals surface area contributed by atoms with Crippen LogP contribution in [0.4, 0.5) is 8.78 Å². The number of rotatable bonds is 7. The maximum absolute atomic E-state index is 15.1. The first-order valence-electron chi connectivity index (χ1n) is 9.21. The summed E-state index contributed by atoms with van der Waals surface area (Å²) in [5.41, 5.74) is 1.87. The molecule has 0 saturated heterocycles. The van der Waals surface area contributed by atoms with Gasteiger partial charge in [-0.3, -0.25) is 0 Å². The van der Waals surface area contributed by atoms with Gasteiger partial charge < -0.3 is 5.32 Å². The quantitative estimate of drug-likeness (QED) is 0.691. The van der Waals surface area contributed by atoms with Crippen molar-refractivity contribution >= 4 is 0 Å². The minimum Gasteiger partial charge on any atom is -0.316 e. The molecule has 2 aromatic carbocycles. The third kappa shape index (κ3) is 3.62. The van der Waals surface area contributed by atoms with E-state index in [0.717, 1.165) is 6.42 Å². The summed E-state index contributed by atoms with van der Waals surface area (Å²) in [7, 11) is 1.98. The fourth-order valence-corrected chi connectivity index (χ4v) is 4.33. The van der Waals surface area contributed by atoms with Crippen LogP contribution >= 0.6 is 0 Å². The van der Waals surface area contributed by atoms with E-state index >= 15 is 4.39 Å². The van der Waals surface area contributed by atoms with Crippen LogP contribution in [0.3, 0.4) is 0 Å². The van der Waals surface area contributed by atoms with Crippen LogP contribution in [0.25, 0.3) is 11.1 Å². The molecule has 1 nitrogen and oxygen atoms in total. The van der Waals surface area contributed by atoms with Crippen LogP contribution in [0.15, 0.2) is 42.5 Å². The zero-order valence-corrected chi connectivity index (χ0v) is 15.3. The van der Waals surface area contributed by atoms with E-state index in [4.69, 9.17) is 0 Å². The van der Waals surface area contributed by atoms with Crippen molar-refractivity contribution in [3.63, 3.8) is 0 Å². The molecule has 0 amide bonds. The Labute approximate surface area is 149 Å². The van der Waals surface area contributed by atoms with Gasteiger partial charge in [-0.05, 0) is 67.3 Å². The molecule has 0 heterocycles. The summed E-state index contributed by atoms with van der Waals surface area (Å²) in [4.78, 5) is 0. The van der Waals surface area contributed by atoms with Gasteiger partial charge in [0, 0.05) is 11.6 Å². The van der Waals surface area contributed by atoms with Crippen LogP contribution in [0, 0.1) is 23.0 Å². The van der Waals surface area contributed by atoms with E-state index in [1.54, 1.807) is 0 Å². The molecule has 0 aromatic heterocycles. The van der Waals surface area contributed by atoms with E-state index < -0.39 is 0 Å². The molecule has 3 heteroatoms. The molecular formula is C22H27F2N. The standard InChI is InChI=1S/C22H27F2N/c1-4-22(10-11-22)21(25-3)15(2)12-17-13-18(23)14-19(20(17)24)16-8-6-5-7-9-16/h5-9,13-15,21,25H,4,10-12H2,1-3H3/t15?,21-/m1/s1. The van der Waals surface area contributed by atoms with Gasteiger partial charge in [0.1, 0.15) is 11.6 Å². The zero-order chi connectivity index (χ0) is 18.0. The SMILES string of the molecule is CCC1([C@H](NC)C(C)Cc2cc(F)cc(-c3ccccc3)c2F)CC1. The smallest absolute Gasteiger partial charge is 0.134 e. The van der Waals surface area contributed by atoms with E-state index in [0.29, 0.717) is 34.6 Å². The van der Waals surface area contributed by atoms with Crippen LogP contribution in [0.5, 0.6) is 0 Å². The zero-order valence-electron chi connectivity index (χ0n) is 15.3. The van der Waals surface area contributed by atoms with Crippen molar-refractivity contribution in [2.45, 2.75) is 45.6 Å². The first-order valence-corrected chi connectivity index (χ1v) is 9.21. The molecule has 134 valence electrons. The largest absolute Gasteiger partial charge is 0.316 e. The molecule has 1 unspecified atom stereocenters. The van der Waals surface area contributed by atoms with Gasteiger partial charge in [0.2, 0.25) is 0 Å². The van der Waals surface area contributed by atoms with Gasteiger partial charge >= 0.3 is 0 Å². The van der Waals surface area contributed by atoms with Crippen molar-refractivity contribution in [1.82, 2.24) is 5.32 Å². The van der Waals surface area contributed by atoms with Crippen molar-refractivity contribution < 1.29 is 8.78 Å². The Bertz CT molecular complexity index is 722. The Morgan fingerprint density at radius 1 is 1.12 bits per heavy atom. The Hall–Kier alpha value is -1.74. The van der Waals surface area contributed by atoms with Gasteiger partial charge in [0.25, 0.3) is 0 Å². The van der Waals surface area contributed by atoms with Gasteiger partial charge in [-0.1, -0.05) is 44.2 Å². The summed E-state index contributed by atoms with van der Waals surface area (Å²) >= 11 is 0. The van der Waals surface area contributed by atoms with Crippen molar-refractivity contribution in [2.75, 3.05) is 7.05 Å². The molecular weight excluding hydrogens is 316 g/mol. The number of benzene rings is 2. The number of hydrogen-bond donors (Lipinski definition) is 1. The van der Waals surface area contributed by atoms with Gasteiger partial charge in [-0.2, -0.15) is 0 Å². The monoisotopic (exact) mass is 343 g/mol. The normalized spacial score (nSPS) is 18.0. The first kappa shape index (κ1) is 18.1. The highest BCUT2D eigenvalue weighted by Gasteiger charge is 2.48. The van der Waals surface area contributed by atoms with E-state index in [2.05, 4.69) is 19.2 Å². The van der Waals surface area contributed by atoms with Crippen LogP contribution in [-0.2, 0) is 6.42 Å². The van der Waals surface area contributed by atoms with Gasteiger partial charge in [-0.25, -0.2) is 8.78 Å². The van der Waals surface area contributed by atoms with Crippen LogP contribution in [0.1, 0.15) is 38.7 Å². The highest BCUT2D eigenvalue weighted by Crippen LogP contribution is 2.53. The summed E-state index contributed by atoms with van der Waals surface area (Å²) in [6.07, 6.45) is 4.11. The topological polar surface area (TPSA) is 12.0 Å². The fourth-order valence-electron chi connectivity index (χ4n) is 4.33. The van der Waals surface area contributed by atoms with E-state index in [1.807, 2.05) is 37.4 Å². The molecule has 0 bridgehead atoms. The maximum Gasteiger partial charge on any atom is 0.134 e. The number of halogens is 2. The molecule has 1 N–H and O–H groups in total. The summed E-state index contributed by atoms with van der Waals surface area (Å²) in [5.74, 6) is -0.428. The maximum atomic E-state index is 15.1. The third-order valence-corrected chi connectivity index (χ3v) is 5.88. The molecule has 0 aliphatic heterocycles. The Balaban J connectivity index is 1.89. The molecule has 1 saturated carbocycles. The Kier molecular flexibility index (Phi) is 5.24. The third-order valence-electron chi connectivity index (χ3n) is 5.88. The predicted molar refractivity (Wildman–Crippen MR) is 99.5 cm³/mol. The van der Waals surface area contributed by atoms with E-state index in [9.17, 15) is 4.39 Å². The number of hydrogen-bond acceptors (Lipinski definition) is 1. The lowest BCUT2D eigenvalue weighted by Gasteiger charge is -2.31. The molecule has 1 fully saturated rings. The summed E-state index contributed by atoms with van der Waals surface area (Å²) in [6.45, 7) is 4.36. The average Bonchev–Trinajstić information content (AvgIpc) is 3.40. The molecule has 25 heavy (non-hydrogen) atoms. The summed E-state index contributed by atoms with van der Waals surface area (Å²) in [6, 6.07) is 12.2. The number of nitrogens with one attached hydrogen (secondary N) is 1. The van der Waals surface area contributed by atoms with Crippen LogP contribution in [-0.4, -0.2) is 13.1 Å². The van der Waals surface area contributed by atoms with E-state index in [1.165, 1.54) is 25.0 Å². The minimum absolute atomic E-state index is 0.243. The molecule has 3 rings (SSSR count). The van der Waals surface area contributed by atoms with Crippen molar-refractivity contribution in [2.24, 2.45) is 11.3 Å². The van der Waals surface area contributed by atoms with Gasteiger partial charge in [0.15, 0.2) is 0 Å². The summed E-state index contributed by atoms with van der Waals surface area (Å²) < 4.78 is 29.2. The minimum atomic E-state index is -0.375.